The molecule has 0 spiro atoms. The summed E-state index contributed by atoms with van der Waals surface area (Å²) in [4.78, 5) is 1.37. The van der Waals surface area contributed by atoms with Gasteiger partial charge in [0, 0.05) is 35.3 Å². The van der Waals surface area contributed by atoms with E-state index in [0.29, 0.717) is 33.3 Å². The van der Waals surface area contributed by atoms with Gasteiger partial charge in [0.1, 0.15) is 11.8 Å². The molecule has 1 heterocycles. The van der Waals surface area contributed by atoms with Crippen LogP contribution in [0.25, 0.3) is 0 Å². The molecule has 8 heteroatoms. The molecular weight excluding hydrogens is 499 g/mol. The molecular formula is C12H13F3I2N2O. The van der Waals surface area contributed by atoms with Crippen molar-refractivity contribution in [2.24, 2.45) is 0 Å². The smallest absolute Gasteiger partial charge is 0.408 e. The van der Waals surface area contributed by atoms with Gasteiger partial charge in [-0.1, -0.05) is 0 Å². The normalized spacial score (nSPS) is 19.1. The molecule has 2 rings (SSSR count). The van der Waals surface area contributed by atoms with Gasteiger partial charge in [0.05, 0.1) is 3.57 Å². The summed E-state index contributed by atoms with van der Waals surface area (Å²) in [5, 5.41) is 13.1. The summed E-state index contributed by atoms with van der Waals surface area (Å²) >= 11 is 3.82. The lowest BCUT2D eigenvalue weighted by atomic mass is 10.0. The minimum atomic E-state index is -4.41. The Morgan fingerprint density at radius 3 is 2.35 bits per heavy atom. The molecule has 1 aliphatic rings. The van der Waals surface area contributed by atoms with Crippen LogP contribution in [0.2, 0.25) is 0 Å². The van der Waals surface area contributed by atoms with Crippen LogP contribution in [0.5, 0.6) is 5.75 Å². The fourth-order valence-corrected chi connectivity index (χ4v) is 4.20. The number of aromatic hydroxyl groups is 1. The molecule has 1 atom stereocenters. The van der Waals surface area contributed by atoms with Crippen LogP contribution >= 0.6 is 45.2 Å². The van der Waals surface area contributed by atoms with Crippen LogP contribution in [-0.4, -0.2) is 42.4 Å². The molecule has 0 radical (unpaired) electrons. The van der Waals surface area contributed by atoms with Gasteiger partial charge in [-0.15, -0.1) is 0 Å². The summed E-state index contributed by atoms with van der Waals surface area (Å²) < 4.78 is 41.5. The van der Waals surface area contributed by atoms with Crippen molar-refractivity contribution in [3.8, 4) is 5.75 Å². The largest absolute Gasteiger partial charge is 0.506 e. The summed E-state index contributed by atoms with van der Waals surface area (Å²) in [6, 6.07) is 1.32. The first-order valence-electron chi connectivity index (χ1n) is 6.00. The highest BCUT2D eigenvalue weighted by Gasteiger charge is 2.46. The van der Waals surface area contributed by atoms with Gasteiger partial charge >= 0.3 is 6.18 Å². The second kappa shape index (κ2) is 6.53. The Labute approximate surface area is 142 Å². The Balaban J connectivity index is 2.46. The molecule has 0 amide bonds. The maximum Gasteiger partial charge on any atom is 0.408 e. The molecule has 112 valence electrons. The first kappa shape index (κ1) is 16.6. The first-order valence-corrected chi connectivity index (χ1v) is 8.16. The molecule has 0 saturated carbocycles. The quantitative estimate of drug-likeness (QED) is 0.599. The Kier molecular flexibility index (Phi) is 5.40. The molecule has 0 bridgehead atoms. The molecule has 1 fully saturated rings. The van der Waals surface area contributed by atoms with Gasteiger partial charge in [0.15, 0.2) is 0 Å². The summed E-state index contributed by atoms with van der Waals surface area (Å²) in [5.74, 6) is -0.271. The predicted molar refractivity (Wildman–Crippen MR) is 86.8 cm³/mol. The Morgan fingerprint density at radius 2 is 1.80 bits per heavy atom. The molecule has 0 aliphatic carbocycles. The molecule has 1 aromatic carbocycles. The van der Waals surface area contributed by atoms with Crippen molar-refractivity contribution in [1.82, 2.24) is 10.2 Å². The average molecular weight is 512 g/mol. The van der Waals surface area contributed by atoms with Gasteiger partial charge in [0.25, 0.3) is 0 Å². The van der Waals surface area contributed by atoms with E-state index in [9.17, 15) is 18.3 Å². The van der Waals surface area contributed by atoms with E-state index in [1.54, 1.807) is 6.07 Å². The monoisotopic (exact) mass is 512 g/mol. The van der Waals surface area contributed by atoms with E-state index in [2.05, 4.69) is 5.32 Å². The second-order valence-electron chi connectivity index (χ2n) is 4.56. The average Bonchev–Trinajstić information content (AvgIpc) is 2.35. The molecule has 3 nitrogen and oxygen atoms in total. The van der Waals surface area contributed by atoms with Crippen molar-refractivity contribution in [3.63, 3.8) is 0 Å². The number of phenols is 1. The van der Waals surface area contributed by atoms with E-state index in [1.165, 1.54) is 11.0 Å². The van der Waals surface area contributed by atoms with Crippen molar-refractivity contribution >= 4 is 45.2 Å². The van der Waals surface area contributed by atoms with Crippen molar-refractivity contribution in [3.05, 3.63) is 24.8 Å². The van der Waals surface area contributed by atoms with Gasteiger partial charge in [0.2, 0.25) is 0 Å². The molecule has 20 heavy (non-hydrogen) atoms. The van der Waals surface area contributed by atoms with Crippen LogP contribution in [-0.2, 0) is 0 Å². The summed E-state index contributed by atoms with van der Waals surface area (Å²) in [6.07, 6.45) is -4.41. The number of rotatable bonds is 2. The second-order valence-corrected chi connectivity index (χ2v) is 6.96. The maximum atomic E-state index is 13.5. The zero-order valence-electron chi connectivity index (χ0n) is 10.3. The number of hydrogen-bond donors (Lipinski definition) is 2. The number of piperazine rings is 1. The third-order valence-electron chi connectivity index (χ3n) is 3.18. The third kappa shape index (κ3) is 3.69. The van der Waals surface area contributed by atoms with E-state index in [0.717, 1.165) is 0 Å². The van der Waals surface area contributed by atoms with Crippen molar-refractivity contribution < 1.29 is 18.3 Å². The highest BCUT2D eigenvalue weighted by molar-refractivity contribution is 14.1. The molecule has 1 aliphatic heterocycles. The van der Waals surface area contributed by atoms with Crippen molar-refractivity contribution in [2.45, 2.75) is 12.2 Å². The van der Waals surface area contributed by atoms with E-state index < -0.39 is 12.2 Å². The fraction of sp³-hybridized carbons (Fsp3) is 0.500. The van der Waals surface area contributed by atoms with Crippen LogP contribution < -0.4 is 5.32 Å². The summed E-state index contributed by atoms with van der Waals surface area (Å²) in [6.45, 7) is 1.67. The molecule has 0 aromatic heterocycles. The zero-order valence-corrected chi connectivity index (χ0v) is 14.7. The zero-order chi connectivity index (χ0) is 14.9. The molecule has 2 N–H and O–H groups in total. The number of phenolic OH excluding ortho intramolecular Hbond substituents is 1. The number of nitrogens with zero attached hydrogens (tertiary/aromatic N) is 1. The minimum absolute atomic E-state index is 0.0595. The van der Waals surface area contributed by atoms with Gasteiger partial charge < -0.3 is 10.4 Å². The minimum Gasteiger partial charge on any atom is -0.506 e. The van der Waals surface area contributed by atoms with Gasteiger partial charge in [-0.25, -0.2) is 0 Å². The van der Waals surface area contributed by atoms with Crippen LogP contribution in [0.4, 0.5) is 13.2 Å². The van der Waals surface area contributed by atoms with Gasteiger partial charge in [-0.3, -0.25) is 4.90 Å². The van der Waals surface area contributed by atoms with Crippen LogP contribution in [0, 0.1) is 7.14 Å². The van der Waals surface area contributed by atoms with Gasteiger partial charge in [-0.05, 0) is 57.3 Å². The van der Waals surface area contributed by atoms with E-state index in [-0.39, 0.29) is 11.3 Å². The first-order chi connectivity index (χ1) is 9.30. The number of hydrogen-bond acceptors (Lipinski definition) is 3. The predicted octanol–water partition coefficient (Wildman–Crippen LogP) is 3.11. The Hall–Kier alpha value is 0.190. The number of benzene rings is 1. The van der Waals surface area contributed by atoms with Crippen LogP contribution in [0.15, 0.2) is 12.1 Å². The number of alkyl halides is 3. The molecule has 1 saturated heterocycles. The lowest BCUT2D eigenvalue weighted by Crippen LogP contribution is -2.49. The standard InChI is InChI=1S/C12H13F3I2N2O/c13-12(14,15)11(19-3-1-18-2-4-19)8-5-7(16)6-9(17)10(8)20/h5-6,11,18,20H,1-4H2/t11-/m0/s1. The van der Waals surface area contributed by atoms with Gasteiger partial charge in [-0.2, -0.15) is 13.2 Å². The maximum absolute atomic E-state index is 13.5. The van der Waals surface area contributed by atoms with Crippen molar-refractivity contribution in [1.29, 1.82) is 0 Å². The van der Waals surface area contributed by atoms with E-state index in [1.807, 2.05) is 45.2 Å². The topological polar surface area (TPSA) is 35.5 Å². The third-order valence-corrected chi connectivity index (χ3v) is 4.62. The highest BCUT2D eigenvalue weighted by Crippen LogP contribution is 2.43. The number of nitrogens with one attached hydrogen (secondary N) is 1. The SMILES string of the molecule is Oc1c(I)cc(I)cc1[C@H](N1CCNCC1)C(F)(F)F. The fourth-order valence-electron chi connectivity index (χ4n) is 2.31. The molecule has 0 unspecified atom stereocenters. The summed E-state index contributed by atoms with van der Waals surface area (Å²) in [7, 11) is 0. The van der Waals surface area contributed by atoms with Crippen LogP contribution in [0.1, 0.15) is 11.6 Å². The van der Waals surface area contributed by atoms with Crippen molar-refractivity contribution in [2.75, 3.05) is 26.2 Å². The Bertz CT molecular complexity index is 490. The highest BCUT2D eigenvalue weighted by atomic mass is 127. The Morgan fingerprint density at radius 1 is 1.20 bits per heavy atom. The molecule has 1 aromatic rings. The number of halogens is 5. The van der Waals surface area contributed by atoms with E-state index in [4.69, 9.17) is 0 Å². The lowest BCUT2D eigenvalue weighted by molar-refractivity contribution is -0.188. The van der Waals surface area contributed by atoms with Crippen LogP contribution in [0.3, 0.4) is 0 Å². The summed E-state index contributed by atoms with van der Waals surface area (Å²) in [5.41, 5.74) is -0.0595. The van der Waals surface area contributed by atoms with E-state index >= 15 is 0 Å². The lowest BCUT2D eigenvalue weighted by Gasteiger charge is -2.36.